The number of hydrogen-bond donors (Lipinski definition) is 0. The lowest BCUT2D eigenvalue weighted by atomic mass is 9.88. The highest BCUT2D eigenvalue weighted by Gasteiger charge is 2.10. The van der Waals surface area contributed by atoms with Gasteiger partial charge in [-0.15, -0.1) is 0 Å². The second-order valence-corrected chi connectivity index (χ2v) is 9.39. The van der Waals surface area contributed by atoms with E-state index in [1.165, 1.54) is 116 Å². The summed E-state index contributed by atoms with van der Waals surface area (Å²) in [7, 11) is 0. The monoisotopic (exact) mass is 404 g/mol. The second-order valence-electron chi connectivity index (χ2n) is 9.39. The predicted molar refractivity (Wildman–Crippen MR) is 134 cm³/mol. The van der Waals surface area contributed by atoms with Crippen LogP contribution >= 0.6 is 0 Å². The highest BCUT2D eigenvalue weighted by molar-refractivity contribution is 5.22. The molecule has 0 spiro atoms. The molecule has 0 saturated heterocycles. The van der Waals surface area contributed by atoms with Gasteiger partial charge in [-0.2, -0.15) is 0 Å². The van der Waals surface area contributed by atoms with Crippen molar-refractivity contribution in [3.8, 4) is 0 Å². The molecule has 0 aromatic carbocycles. The molecule has 0 bridgehead atoms. The standard InChI is InChI=1S/C30H44/c1-2-6-12-20-28-24-16-10-18-26-30-22-14-8-4-3-7-13-21-29(30)25-17-9-15-23-27(28)19-11-5-1/h5-8,11-14H,1-4,9-10,15-26H2. The lowest BCUT2D eigenvalue weighted by Crippen LogP contribution is -1.98. The minimum atomic E-state index is 1.20. The van der Waals surface area contributed by atoms with Crippen molar-refractivity contribution in [2.45, 2.75) is 116 Å². The molecule has 3 aliphatic carbocycles. The molecular weight excluding hydrogens is 360 g/mol. The molecule has 0 heterocycles. The van der Waals surface area contributed by atoms with Gasteiger partial charge in [0.05, 0.1) is 0 Å². The Kier molecular flexibility index (Phi) is 11.1. The van der Waals surface area contributed by atoms with Crippen LogP contribution in [-0.2, 0) is 0 Å². The minimum absolute atomic E-state index is 1.20. The van der Waals surface area contributed by atoms with Crippen LogP contribution < -0.4 is 0 Å². The van der Waals surface area contributed by atoms with E-state index in [1.54, 1.807) is 22.3 Å². The molecule has 0 N–H and O–H groups in total. The summed E-state index contributed by atoms with van der Waals surface area (Å²) in [6, 6.07) is 0. The van der Waals surface area contributed by atoms with Crippen molar-refractivity contribution in [1.29, 1.82) is 0 Å². The summed E-state index contributed by atoms with van der Waals surface area (Å²) >= 11 is 0. The molecule has 3 rings (SSSR count). The molecule has 0 atom stereocenters. The van der Waals surface area contributed by atoms with Crippen molar-refractivity contribution in [2.75, 3.05) is 0 Å². The van der Waals surface area contributed by atoms with Crippen LogP contribution in [0.3, 0.4) is 0 Å². The van der Waals surface area contributed by atoms with Crippen LogP contribution in [0.5, 0.6) is 0 Å². The second kappa shape index (κ2) is 14.4. The lowest BCUT2D eigenvalue weighted by Gasteiger charge is -2.18. The molecule has 0 amide bonds. The molecule has 0 aromatic rings. The summed E-state index contributed by atoms with van der Waals surface area (Å²) < 4.78 is 0. The van der Waals surface area contributed by atoms with Crippen molar-refractivity contribution < 1.29 is 0 Å². The van der Waals surface area contributed by atoms with Gasteiger partial charge in [0, 0.05) is 0 Å². The van der Waals surface area contributed by atoms with Crippen LogP contribution in [0.1, 0.15) is 116 Å². The van der Waals surface area contributed by atoms with E-state index in [0.29, 0.717) is 0 Å². The third-order valence-corrected chi connectivity index (χ3v) is 7.04. The Balaban J connectivity index is 1.68. The first kappa shape index (κ1) is 23.1. The van der Waals surface area contributed by atoms with E-state index in [-0.39, 0.29) is 0 Å². The first-order valence-electron chi connectivity index (χ1n) is 12.9. The first-order valence-corrected chi connectivity index (χ1v) is 12.9. The molecule has 0 radical (unpaired) electrons. The highest BCUT2D eigenvalue weighted by atomic mass is 14.2. The van der Waals surface area contributed by atoms with Gasteiger partial charge in [0.1, 0.15) is 0 Å². The average molecular weight is 405 g/mol. The maximum absolute atomic E-state index is 2.45. The van der Waals surface area contributed by atoms with Crippen molar-refractivity contribution in [3.63, 3.8) is 0 Å². The zero-order valence-corrected chi connectivity index (χ0v) is 19.3. The van der Waals surface area contributed by atoms with E-state index in [0.717, 1.165) is 0 Å². The predicted octanol–water partition coefficient (Wildman–Crippen LogP) is 9.87. The fraction of sp³-hybridized carbons (Fsp3) is 0.600. The molecular formula is C30H44. The highest BCUT2D eigenvalue weighted by Crippen LogP contribution is 2.30. The molecule has 30 heavy (non-hydrogen) atoms. The normalized spacial score (nSPS) is 23.5. The zero-order valence-electron chi connectivity index (χ0n) is 19.3. The van der Waals surface area contributed by atoms with Crippen molar-refractivity contribution in [3.05, 3.63) is 70.9 Å². The summed E-state index contributed by atoms with van der Waals surface area (Å²) in [5.74, 6) is 0. The number of allylic oxidation sites excluding steroid dienone is 12. The zero-order chi connectivity index (χ0) is 20.7. The summed E-state index contributed by atoms with van der Waals surface area (Å²) in [5, 5.41) is 0. The molecule has 164 valence electrons. The van der Waals surface area contributed by atoms with Crippen LogP contribution in [0.2, 0.25) is 0 Å². The Morgan fingerprint density at radius 3 is 0.833 bits per heavy atom. The van der Waals surface area contributed by atoms with Gasteiger partial charge in [-0.05, 0) is 103 Å². The van der Waals surface area contributed by atoms with Crippen LogP contribution in [-0.4, -0.2) is 0 Å². The van der Waals surface area contributed by atoms with Gasteiger partial charge in [-0.25, -0.2) is 0 Å². The Hall–Kier alpha value is -1.56. The summed E-state index contributed by atoms with van der Waals surface area (Å²) in [6.07, 6.45) is 42.6. The molecule has 0 unspecified atom stereocenters. The fourth-order valence-corrected chi connectivity index (χ4v) is 5.16. The molecule has 0 saturated carbocycles. The molecule has 0 nitrogen and oxygen atoms in total. The van der Waals surface area contributed by atoms with Crippen molar-refractivity contribution in [2.24, 2.45) is 0 Å². The van der Waals surface area contributed by atoms with E-state index >= 15 is 0 Å². The van der Waals surface area contributed by atoms with Crippen LogP contribution in [0.25, 0.3) is 0 Å². The summed E-state index contributed by atoms with van der Waals surface area (Å²) in [5.41, 5.74) is 7.06. The van der Waals surface area contributed by atoms with Gasteiger partial charge in [0.25, 0.3) is 0 Å². The molecule has 0 aromatic heterocycles. The third kappa shape index (κ3) is 8.66. The van der Waals surface area contributed by atoms with E-state index in [2.05, 4.69) is 48.6 Å². The minimum Gasteiger partial charge on any atom is -0.0879 e. The number of rotatable bonds is 0. The van der Waals surface area contributed by atoms with Crippen LogP contribution in [0.4, 0.5) is 0 Å². The average Bonchev–Trinajstić information content (AvgIpc) is 2.77. The van der Waals surface area contributed by atoms with E-state index in [1.807, 2.05) is 0 Å². The first-order chi connectivity index (χ1) is 14.9. The Morgan fingerprint density at radius 2 is 0.567 bits per heavy atom. The van der Waals surface area contributed by atoms with Gasteiger partial charge in [-0.3, -0.25) is 0 Å². The SMILES string of the molecule is C1=CCC2=C(CC=CCC1)CCCCCC1=C(CC=CCCC=CC1)CCCCC2. The van der Waals surface area contributed by atoms with Crippen molar-refractivity contribution >= 4 is 0 Å². The largest absolute Gasteiger partial charge is 0.0879 e. The molecule has 0 heteroatoms. The van der Waals surface area contributed by atoms with E-state index in [9.17, 15) is 0 Å². The molecule has 3 aliphatic rings. The Labute approximate surface area is 186 Å². The fourth-order valence-electron chi connectivity index (χ4n) is 5.16. The van der Waals surface area contributed by atoms with Gasteiger partial charge in [0.2, 0.25) is 0 Å². The third-order valence-electron chi connectivity index (χ3n) is 7.04. The van der Waals surface area contributed by atoms with Gasteiger partial charge in [0.15, 0.2) is 0 Å². The summed E-state index contributed by atoms with van der Waals surface area (Å²) in [6.45, 7) is 0. The lowest BCUT2D eigenvalue weighted by molar-refractivity contribution is 0.623. The van der Waals surface area contributed by atoms with Crippen LogP contribution in [0.15, 0.2) is 70.9 Å². The smallest absolute Gasteiger partial charge is 0.0136 e. The van der Waals surface area contributed by atoms with Crippen molar-refractivity contribution in [1.82, 2.24) is 0 Å². The van der Waals surface area contributed by atoms with E-state index in [4.69, 9.17) is 0 Å². The quantitative estimate of drug-likeness (QED) is 0.352. The molecule has 0 fully saturated rings. The topological polar surface area (TPSA) is 0 Å². The Morgan fingerprint density at radius 1 is 0.300 bits per heavy atom. The van der Waals surface area contributed by atoms with Gasteiger partial charge >= 0.3 is 0 Å². The number of hydrogen-bond acceptors (Lipinski definition) is 0. The summed E-state index contributed by atoms with van der Waals surface area (Å²) in [4.78, 5) is 0. The van der Waals surface area contributed by atoms with E-state index < -0.39 is 0 Å². The Bertz CT molecular complexity index is 561. The molecule has 0 aliphatic heterocycles. The van der Waals surface area contributed by atoms with Gasteiger partial charge < -0.3 is 0 Å². The maximum Gasteiger partial charge on any atom is -0.0136 e. The maximum atomic E-state index is 2.45. The van der Waals surface area contributed by atoms with Gasteiger partial charge in [-0.1, -0.05) is 83.7 Å². The van der Waals surface area contributed by atoms with Crippen LogP contribution in [0, 0.1) is 0 Å².